The lowest BCUT2D eigenvalue weighted by atomic mass is 9.99. The highest BCUT2D eigenvalue weighted by atomic mass is 16.5. The molecule has 4 nitrogen and oxygen atoms in total. The molecule has 0 aromatic heterocycles. The van der Waals surface area contributed by atoms with Gasteiger partial charge in [-0.25, -0.2) is 0 Å². The van der Waals surface area contributed by atoms with Gasteiger partial charge in [0.05, 0.1) is 12.8 Å². The zero-order valence-electron chi connectivity index (χ0n) is 18.8. The second-order valence-corrected chi connectivity index (χ2v) is 6.17. The minimum atomic E-state index is -0.139. The Balaban J connectivity index is 0.00000352. The number of aliphatic imine (C=N–C) groups is 1. The first-order chi connectivity index (χ1) is 13.6. The summed E-state index contributed by atoms with van der Waals surface area (Å²) in [5, 5.41) is 2.84. The predicted octanol–water partition coefficient (Wildman–Crippen LogP) is 6.24. The average Bonchev–Trinajstić information content (AvgIpc) is 2.73. The number of carbonyl (C=O) groups excluding carboxylic acids is 1. The molecular formula is C24H38N2O2. The van der Waals surface area contributed by atoms with Crippen LogP contribution in [0.15, 0.2) is 41.6 Å². The number of unbranched alkanes of at least 4 members (excludes halogenated alkanes) is 3. The number of amides is 1. The van der Waals surface area contributed by atoms with Crippen LogP contribution in [0.1, 0.15) is 81.3 Å². The molecule has 0 spiro atoms. The lowest BCUT2D eigenvalue weighted by molar-refractivity contribution is 0.0969. The van der Waals surface area contributed by atoms with E-state index in [1.807, 2.05) is 45.1 Å². The smallest absolute Gasteiger partial charge is 0.255 e. The third kappa shape index (κ3) is 8.55. The summed E-state index contributed by atoms with van der Waals surface area (Å²) < 4.78 is 5.48. The number of methoxy groups -OCH3 is 1. The van der Waals surface area contributed by atoms with Crippen molar-refractivity contribution in [3.8, 4) is 5.75 Å². The highest BCUT2D eigenvalue weighted by molar-refractivity contribution is 6.10. The average molecular weight is 387 g/mol. The Bertz CT molecular complexity index is 673. The number of carbonyl (C=O) groups is 1. The summed E-state index contributed by atoms with van der Waals surface area (Å²) in [6.07, 6.45) is 13.2. The quantitative estimate of drug-likeness (QED) is 0.382. The van der Waals surface area contributed by atoms with E-state index in [4.69, 9.17) is 4.74 Å². The summed E-state index contributed by atoms with van der Waals surface area (Å²) in [5.41, 5.74) is 3.15. The number of nitrogens with one attached hydrogen (secondary N) is 1. The summed E-state index contributed by atoms with van der Waals surface area (Å²) in [7, 11) is 3.38. The van der Waals surface area contributed by atoms with E-state index >= 15 is 0 Å². The van der Waals surface area contributed by atoms with Gasteiger partial charge in [0.15, 0.2) is 0 Å². The maximum atomic E-state index is 12.6. The number of ether oxygens (including phenoxy) is 1. The van der Waals surface area contributed by atoms with E-state index in [2.05, 4.69) is 30.2 Å². The first kappa shape index (κ1) is 25.6. The van der Waals surface area contributed by atoms with E-state index in [-0.39, 0.29) is 5.91 Å². The number of nitrogens with zero attached hydrogens (tertiary/aromatic N) is 1. The summed E-state index contributed by atoms with van der Waals surface area (Å²) in [5.74, 6) is 0.550. The Hall–Kier alpha value is -2.36. The maximum absolute atomic E-state index is 12.6. The van der Waals surface area contributed by atoms with E-state index in [9.17, 15) is 4.79 Å². The monoisotopic (exact) mass is 386 g/mol. The number of allylic oxidation sites excluding steroid dienone is 3. The van der Waals surface area contributed by atoms with Crippen molar-refractivity contribution in [3.05, 3.63) is 53.3 Å². The normalized spacial score (nSPS) is 11.5. The highest BCUT2D eigenvalue weighted by Gasteiger charge is 2.15. The fraction of sp³-hybridized carbons (Fsp3) is 0.500. The topological polar surface area (TPSA) is 50.7 Å². The van der Waals surface area contributed by atoms with Crippen LogP contribution in [-0.2, 0) is 0 Å². The summed E-state index contributed by atoms with van der Waals surface area (Å²) in [6, 6.07) is 3.82. The van der Waals surface area contributed by atoms with Crippen molar-refractivity contribution in [1.82, 2.24) is 5.32 Å². The number of hydrogen-bond acceptors (Lipinski definition) is 3. The lowest BCUT2D eigenvalue weighted by Crippen LogP contribution is -2.19. The van der Waals surface area contributed by atoms with E-state index in [0.29, 0.717) is 11.3 Å². The Morgan fingerprint density at radius 1 is 1.14 bits per heavy atom. The van der Waals surface area contributed by atoms with E-state index in [1.165, 1.54) is 0 Å². The molecule has 0 radical (unpaired) electrons. The summed E-state index contributed by atoms with van der Waals surface area (Å²) in [6.45, 7) is 10.2. The van der Waals surface area contributed by atoms with Crippen molar-refractivity contribution in [2.75, 3.05) is 14.2 Å². The Kier molecular flexibility index (Phi) is 14.4. The molecule has 0 unspecified atom stereocenters. The zero-order valence-corrected chi connectivity index (χ0v) is 18.8. The van der Waals surface area contributed by atoms with Crippen LogP contribution in [0.3, 0.4) is 0 Å². The molecule has 1 aromatic carbocycles. The lowest BCUT2D eigenvalue weighted by Gasteiger charge is -2.13. The van der Waals surface area contributed by atoms with Gasteiger partial charge in [-0.1, -0.05) is 59.1 Å². The molecule has 0 aliphatic carbocycles. The summed E-state index contributed by atoms with van der Waals surface area (Å²) in [4.78, 5) is 17.0. The molecule has 0 aliphatic heterocycles. The standard InChI is InChI=1S/C22H32N2O2.C2H6/c1-6-8-10-11-13-20(23-4)18-15-19(17(3)21(16-18)26-5)22(25)24-14-12-9-7-2;1-2/h11-16H,6-10H2,1-5H3,(H,24,25);1-2H3/b13-11-,14-12+,23-20?;. The van der Waals surface area contributed by atoms with Gasteiger partial charge in [-0.15, -0.1) is 0 Å². The van der Waals surface area contributed by atoms with Crippen LogP contribution in [0.5, 0.6) is 5.75 Å². The Labute approximate surface area is 171 Å². The minimum absolute atomic E-state index is 0.139. The minimum Gasteiger partial charge on any atom is -0.496 e. The van der Waals surface area contributed by atoms with Crippen molar-refractivity contribution in [2.45, 2.75) is 66.7 Å². The van der Waals surface area contributed by atoms with Crippen LogP contribution < -0.4 is 10.1 Å². The SMILES string of the molecule is CC.CCC/C=C/NC(=O)c1cc(C(/C=C\CCCC)=NC)cc(OC)c1C. The number of benzene rings is 1. The first-order valence-corrected chi connectivity index (χ1v) is 10.4. The molecule has 0 fully saturated rings. The zero-order chi connectivity index (χ0) is 21.4. The molecule has 4 heteroatoms. The Morgan fingerprint density at radius 3 is 2.43 bits per heavy atom. The molecule has 1 N–H and O–H groups in total. The van der Waals surface area contributed by atoms with Crippen LogP contribution in [0.4, 0.5) is 0 Å². The fourth-order valence-corrected chi connectivity index (χ4v) is 2.56. The number of hydrogen-bond donors (Lipinski definition) is 1. The fourth-order valence-electron chi connectivity index (χ4n) is 2.56. The van der Waals surface area contributed by atoms with Gasteiger partial charge in [0.1, 0.15) is 5.75 Å². The van der Waals surface area contributed by atoms with Gasteiger partial charge >= 0.3 is 0 Å². The second kappa shape index (κ2) is 15.7. The van der Waals surface area contributed by atoms with Crippen molar-refractivity contribution < 1.29 is 9.53 Å². The van der Waals surface area contributed by atoms with Gasteiger partial charge in [0.2, 0.25) is 0 Å². The van der Waals surface area contributed by atoms with Crippen molar-refractivity contribution in [3.63, 3.8) is 0 Å². The van der Waals surface area contributed by atoms with E-state index in [0.717, 1.165) is 48.9 Å². The molecule has 0 atom stereocenters. The largest absolute Gasteiger partial charge is 0.496 e. The molecule has 0 heterocycles. The van der Waals surface area contributed by atoms with Gasteiger partial charge in [-0.2, -0.15) is 0 Å². The molecule has 1 amide bonds. The van der Waals surface area contributed by atoms with E-state index in [1.54, 1.807) is 20.4 Å². The van der Waals surface area contributed by atoms with Crippen LogP contribution >= 0.6 is 0 Å². The maximum Gasteiger partial charge on any atom is 0.255 e. The van der Waals surface area contributed by atoms with Crippen LogP contribution in [0.2, 0.25) is 0 Å². The van der Waals surface area contributed by atoms with Crippen molar-refractivity contribution in [2.24, 2.45) is 4.99 Å². The van der Waals surface area contributed by atoms with Crippen molar-refractivity contribution in [1.29, 1.82) is 0 Å². The third-order valence-electron chi connectivity index (χ3n) is 4.15. The van der Waals surface area contributed by atoms with Crippen LogP contribution in [-0.4, -0.2) is 25.8 Å². The molecule has 0 saturated carbocycles. The third-order valence-corrected chi connectivity index (χ3v) is 4.15. The predicted molar refractivity (Wildman–Crippen MR) is 122 cm³/mol. The molecule has 156 valence electrons. The second-order valence-electron chi connectivity index (χ2n) is 6.17. The number of rotatable bonds is 10. The highest BCUT2D eigenvalue weighted by Crippen LogP contribution is 2.25. The molecule has 0 bridgehead atoms. The summed E-state index contributed by atoms with van der Waals surface area (Å²) >= 11 is 0. The van der Waals surface area contributed by atoms with Gasteiger partial charge < -0.3 is 10.1 Å². The van der Waals surface area contributed by atoms with Gasteiger partial charge in [0.25, 0.3) is 5.91 Å². The van der Waals surface area contributed by atoms with Crippen molar-refractivity contribution >= 4 is 11.6 Å². The van der Waals surface area contributed by atoms with Crippen LogP contribution in [0, 0.1) is 6.92 Å². The van der Waals surface area contributed by atoms with Crippen LogP contribution in [0.25, 0.3) is 0 Å². The molecule has 1 rings (SSSR count). The van der Waals surface area contributed by atoms with Gasteiger partial charge in [-0.3, -0.25) is 9.79 Å². The molecular weight excluding hydrogens is 348 g/mol. The van der Waals surface area contributed by atoms with Gasteiger partial charge in [0, 0.05) is 29.9 Å². The van der Waals surface area contributed by atoms with E-state index < -0.39 is 0 Å². The molecule has 1 aromatic rings. The van der Waals surface area contributed by atoms with Gasteiger partial charge in [-0.05, 0) is 38.0 Å². The first-order valence-electron chi connectivity index (χ1n) is 10.4. The molecule has 0 saturated heterocycles. The molecule has 28 heavy (non-hydrogen) atoms. The Morgan fingerprint density at radius 2 is 1.86 bits per heavy atom. The molecule has 0 aliphatic rings.